The van der Waals surface area contributed by atoms with Crippen molar-refractivity contribution in [3.05, 3.63) is 11.7 Å². The first-order chi connectivity index (χ1) is 10.0. The molecule has 1 saturated carbocycles. The van der Waals surface area contributed by atoms with Crippen molar-refractivity contribution in [3.8, 4) is 0 Å². The molecule has 1 N–H and O–H groups in total. The molecule has 2 atom stereocenters. The Hall–Kier alpha value is -0.940. The molecule has 1 aromatic heterocycles. The lowest BCUT2D eigenvalue weighted by Gasteiger charge is -2.37. The van der Waals surface area contributed by atoms with Gasteiger partial charge < -0.3 is 14.6 Å². The minimum absolute atomic E-state index is 0.229. The van der Waals surface area contributed by atoms with Gasteiger partial charge in [-0.25, -0.2) is 0 Å². The summed E-state index contributed by atoms with van der Waals surface area (Å²) in [5.74, 6) is 2.13. The fraction of sp³-hybridized carbons (Fsp3) is 0.875. The lowest BCUT2D eigenvalue weighted by Crippen LogP contribution is -2.38. The highest BCUT2D eigenvalue weighted by Crippen LogP contribution is 2.43. The molecule has 2 unspecified atom stereocenters. The third-order valence-electron chi connectivity index (χ3n) is 4.66. The molecule has 1 fully saturated rings. The zero-order valence-electron chi connectivity index (χ0n) is 14.0. The van der Waals surface area contributed by atoms with Crippen molar-refractivity contribution in [2.45, 2.75) is 70.9 Å². The monoisotopic (exact) mass is 295 g/mol. The summed E-state index contributed by atoms with van der Waals surface area (Å²) in [4.78, 5) is 4.68. The van der Waals surface area contributed by atoms with Gasteiger partial charge in [-0.1, -0.05) is 25.9 Å². The summed E-state index contributed by atoms with van der Waals surface area (Å²) < 4.78 is 11.2. The molecule has 0 amide bonds. The molecule has 0 bridgehead atoms. The fourth-order valence-electron chi connectivity index (χ4n) is 3.15. The van der Waals surface area contributed by atoms with E-state index >= 15 is 0 Å². The molecule has 1 aromatic rings. The van der Waals surface area contributed by atoms with Gasteiger partial charge in [0.2, 0.25) is 11.7 Å². The Balaban J connectivity index is 2.16. The van der Waals surface area contributed by atoms with Crippen molar-refractivity contribution >= 4 is 0 Å². The average molecular weight is 295 g/mol. The van der Waals surface area contributed by atoms with Crippen LogP contribution in [0.15, 0.2) is 4.52 Å². The summed E-state index contributed by atoms with van der Waals surface area (Å²) in [6.45, 7) is 9.78. The SMILES string of the molecule is CCCNC(C)C(c1nc(C2(OC)CCC2)no1)C(C)C. The van der Waals surface area contributed by atoms with Gasteiger partial charge in [-0.3, -0.25) is 0 Å². The number of nitrogens with zero attached hydrogens (tertiary/aromatic N) is 2. The molecular weight excluding hydrogens is 266 g/mol. The summed E-state index contributed by atoms with van der Waals surface area (Å²) >= 11 is 0. The van der Waals surface area contributed by atoms with E-state index < -0.39 is 0 Å². The predicted molar refractivity (Wildman–Crippen MR) is 82.2 cm³/mol. The number of ether oxygens (including phenoxy) is 1. The molecular formula is C16H29N3O2. The van der Waals surface area contributed by atoms with Crippen LogP contribution >= 0.6 is 0 Å². The van der Waals surface area contributed by atoms with E-state index in [1.165, 1.54) is 6.42 Å². The third-order valence-corrected chi connectivity index (χ3v) is 4.66. The van der Waals surface area contributed by atoms with Crippen molar-refractivity contribution in [2.75, 3.05) is 13.7 Å². The van der Waals surface area contributed by atoms with E-state index in [4.69, 9.17) is 9.26 Å². The van der Waals surface area contributed by atoms with Crippen LogP contribution in [0, 0.1) is 5.92 Å². The Labute approximate surface area is 127 Å². The number of nitrogens with one attached hydrogen (secondary N) is 1. The molecule has 120 valence electrons. The van der Waals surface area contributed by atoms with E-state index in [2.05, 4.69) is 43.2 Å². The van der Waals surface area contributed by atoms with Crippen LogP contribution in [0.1, 0.15) is 71.0 Å². The molecule has 5 nitrogen and oxygen atoms in total. The highest BCUT2D eigenvalue weighted by Gasteiger charge is 2.44. The predicted octanol–water partition coefficient (Wildman–Crippen LogP) is 3.22. The van der Waals surface area contributed by atoms with E-state index in [1.807, 2.05) is 0 Å². The van der Waals surface area contributed by atoms with Gasteiger partial charge in [0.15, 0.2) is 0 Å². The molecule has 2 rings (SSSR count). The lowest BCUT2D eigenvalue weighted by atomic mass is 9.79. The highest BCUT2D eigenvalue weighted by molar-refractivity contribution is 5.09. The Morgan fingerprint density at radius 2 is 2.05 bits per heavy atom. The van der Waals surface area contributed by atoms with Gasteiger partial charge in [0.05, 0.1) is 5.92 Å². The van der Waals surface area contributed by atoms with Crippen LogP contribution < -0.4 is 5.32 Å². The van der Waals surface area contributed by atoms with Crippen LogP contribution in [0.5, 0.6) is 0 Å². The Kier molecular flexibility index (Phi) is 5.38. The second-order valence-corrected chi connectivity index (χ2v) is 6.52. The molecule has 0 spiro atoms. The smallest absolute Gasteiger partial charge is 0.231 e. The molecule has 1 aliphatic carbocycles. The summed E-state index contributed by atoms with van der Waals surface area (Å²) in [7, 11) is 1.74. The van der Waals surface area contributed by atoms with Crippen molar-refractivity contribution in [2.24, 2.45) is 5.92 Å². The largest absolute Gasteiger partial charge is 0.370 e. The number of methoxy groups -OCH3 is 1. The molecule has 0 radical (unpaired) electrons. The van der Waals surface area contributed by atoms with Gasteiger partial charge in [0.1, 0.15) is 5.60 Å². The zero-order valence-corrected chi connectivity index (χ0v) is 14.0. The van der Waals surface area contributed by atoms with Crippen LogP contribution in [0.3, 0.4) is 0 Å². The maximum atomic E-state index is 5.64. The third kappa shape index (κ3) is 3.29. The van der Waals surface area contributed by atoms with E-state index in [9.17, 15) is 0 Å². The normalized spacial score (nSPS) is 20.3. The van der Waals surface area contributed by atoms with Crippen LogP contribution in [0.2, 0.25) is 0 Å². The maximum absolute atomic E-state index is 5.64. The topological polar surface area (TPSA) is 60.2 Å². The number of rotatable bonds is 8. The average Bonchev–Trinajstić information content (AvgIpc) is 2.85. The Morgan fingerprint density at radius 1 is 1.33 bits per heavy atom. The van der Waals surface area contributed by atoms with Gasteiger partial charge in [0.25, 0.3) is 0 Å². The van der Waals surface area contributed by atoms with Crippen molar-refractivity contribution in [1.29, 1.82) is 0 Å². The van der Waals surface area contributed by atoms with Crippen molar-refractivity contribution < 1.29 is 9.26 Å². The number of aromatic nitrogens is 2. The highest BCUT2D eigenvalue weighted by atomic mass is 16.5. The quantitative estimate of drug-likeness (QED) is 0.798. The first-order valence-corrected chi connectivity index (χ1v) is 8.16. The van der Waals surface area contributed by atoms with Gasteiger partial charge in [0, 0.05) is 13.2 Å². The summed E-state index contributed by atoms with van der Waals surface area (Å²) in [5, 5.41) is 7.75. The van der Waals surface area contributed by atoms with Crippen molar-refractivity contribution in [1.82, 2.24) is 15.5 Å². The van der Waals surface area contributed by atoms with Crippen LogP contribution in [0.25, 0.3) is 0 Å². The van der Waals surface area contributed by atoms with Gasteiger partial charge >= 0.3 is 0 Å². The Morgan fingerprint density at radius 3 is 2.52 bits per heavy atom. The van der Waals surface area contributed by atoms with E-state index in [-0.39, 0.29) is 11.5 Å². The van der Waals surface area contributed by atoms with Crippen molar-refractivity contribution in [3.63, 3.8) is 0 Å². The minimum atomic E-state index is -0.302. The number of hydrogen-bond donors (Lipinski definition) is 1. The molecule has 0 aliphatic heterocycles. The summed E-state index contributed by atoms with van der Waals surface area (Å²) in [5.41, 5.74) is -0.302. The summed E-state index contributed by atoms with van der Waals surface area (Å²) in [6, 6.07) is 0.318. The number of hydrogen-bond acceptors (Lipinski definition) is 5. The first-order valence-electron chi connectivity index (χ1n) is 8.16. The standard InChI is InChI=1S/C16H29N3O2/c1-6-10-17-12(4)13(11(2)3)14-18-15(19-21-14)16(20-5)8-7-9-16/h11-13,17H,6-10H2,1-5H3. The van der Waals surface area contributed by atoms with Gasteiger partial charge in [-0.05, 0) is 45.1 Å². The second-order valence-electron chi connectivity index (χ2n) is 6.52. The molecule has 0 aromatic carbocycles. The second kappa shape index (κ2) is 6.88. The zero-order chi connectivity index (χ0) is 15.5. The van der Waals surface area contributed by atoms with Crippen LogP contribution in [0.4, 0.5) is 0 Å². The molecule has 1 heterocycles. The Bertz CT molecular complexity index is 435. The van der Waals surface area contributed by atoms with Crippen LogP contribution in [-0.4, -0.2) is 29.8 Å². The fourth-order valence-corrected chi connectivity index (χ4v) is 3.15. The lowest BCUT2D eigenvalue weighted by molar-refractivity contribution is -0.0858. The van der Waals surface area contributed by atoms with Gasteiger partial charge in [-0.15, -0.1) is 0 Å². The maximum Gasteiger partial charge on any atom is 0.231 e. The summed E-state index contributed by atoms with van der Waals surface area (Å²) in [6.07, 6.45) is 4.26. The molecule has 0 saturated heterocycles. The molecule has 1 aliphatic rings. The molecule has 5 heteroatoms. The van der Waals surface area contributed by atoms with Crippen LogP contribution in [-0.2, 0) is 10.3 Å². The molecule has 21 heavy (non-hydrogen) atoms. The van der Waals surface area contributed by atoms with Gasteiger partial charge in [-0.2, -0.15) is 4.98 Å². The minimum Gasteiger partial charge on any atom is -0.370 e. The van der Waals surface area contributed by atoms with E-state index in [0.29, 0.717) is 12.0 Å². The van der Waals surface area contributed by atoms with E-state index in [1.54, 1.807) is 7.11 Å². The van der Waals surface area contributed by atoms with E-state index in [0.717, 1.165) is 37.5 Å². The first kappa shape index (κ1) is 16.4.